The van der Waals surface area contributed by atoms with Crippen molar-refractivity contribution in [2.75, 3.05) is 31.6 Å². The summed E-state index contributed by atoms with van der Waals surface area (Å²) >= 11 is 11.5. The third-order valence-electron chi connectivity index (χ3n) is 2.75. The molecule has 1 aromatic carbocycles. The van der Waals surface area contributed by atoms with Crippen molar-refractivity contribution >= 4 is 34.6 Å². The number of nitrogens with zero attached hydrogens (tertiary/aromatic N) is 1. The molecule has 0 aromatic heterocycles. The normalized spacial score (nSPS) is 15.8. The van der Waals surface area contributed by atoms with E-state index < -0.39 is 0 Å². The summed E-state index contributed by atoms with van der Waals surface area (Å²) < 4.78 is 5.29. The van der Waals surface area contributed by atoms with Crippen molar-refractivity contribution in [3.8, 4) is 0 Å². The molecule has 1 aliphatic rings. The molecule has 2 rings (SSSR count). The van der Waals surface area contributed by atoms with Crippen LogP contribution in [0.3, 0.4) is 0 Å². The third-order valence-corrected chi connectivity index (χ3v) is 3.43. The van der Waals surface area contributed by atoms with Gasteiger partial charge in [0.15, 0.2) is 5.11 Å². The van der Waals surface area contributed by atoms with E-state index in [-0.39, 0.29) is 0 Å². The zero-order chi connectivity index (χ0) is 12.3. The van der Waals surface area contributed by atoms with E-state index in [4.69, 9.17) is 28.6 Å². The van der Waals surface area contributed by atoms with Crippen LogP contribution in [0.25, 0.3) is 0 Å². The second-order valence-corrected chi connectivity index (χ2v) is 4.76. The molecule has 1 N–H and O–H groups in total. The van der Waals surface area contributed by atoms with Crippen LogP contribution in [-0.2, 0) is 4.74 Å². The topological polar surface area (TPSA) is 24.5 Å². The molecule has 1 fully saturated rings. The fourth-order valence-corrected chi connectivity index (χ4v) is 2.30. The van der Waals surface area contributed by atoms with Gasteiger partial charge in [-0.15, -0.1) is 0 Å². The van der Waals surface area contributed by atoms with E-state index in [0.29, 0.717) is 10.1 Å². The Balaban J connectivity index is 2.07. The summed E-state index contributed by atoms with van der Waals surface area (Å²) in [5.74, 6) is 0. The molecule has 1 saturated heterocycles. The fraction of sp³-hybridized carbons (Fsp3) is 0.417. The van der Waals surface area contributed by atoms with Crippen LogP contribution in [0.1, 0.15) is 5.56 Å². The van der Waals surface area contributed by atoms with E-state index in [9.17, 15) is 0 Å². The van der Waals surface area contributed by atoms with E-state index in [1.807, 2.05) is 25.1 Å². The molecular weight excluding hydrogens is 256 g/mol. The minimum absolute atomic E-state index is 0.695. The minimum Gasteiger partial charge on any atom is -0.378 e. The first-order valence-corrected chi connectivity index (χ1v) is 6.36. The molecule has 0 atom stereocenters. The lowest BCUT2D eigenvalue weighted by atomic mass is 10.2. The summed E-state index contributed by atoms with van der Waals surface area (Å²) in [4.78, 5) is 2.10. The number of morpholine rings is 1. The summed E-state index contributed by atoms with van der Waals surface area (Å²) in [6, 6.07) is 5.80. The highest BCUT2D eigenvalue weighted by atomic mass is 35.5. The number of para-hydroxylation sites is 1. The Morgan fingerprint density at radius 2 is 2.12 bits per heavy atom. The lowest BCUT2D eigenvalue weighted by Crippen LogP contribution is -2.43. The van der Waals surface area contributed by atoms with Gasteiger partial charge in [-0.2, -0.15) is 0 Å². The van der Waals surface area contributed by atoms with Gasteiger partial charge in [0.25, 0.3) is 0 Å². The first-order valence-electron chi connectivity index (χ1n) is 5.57. The van der Waals surface area contributed by atoms with Gasteiger partial charge in [0.2, 0.25) is 0 Å². The van der Waals surface area contributed by atoms with Crippen LogP contribution in [0.2, 0.25) is 5.02 Å². The molecule has 0 spiro atoms. The Bertz CT molecular complexity index is 399. The molecule has 0 aliphatic carbocycles. The molecule has 0 bridgehead atoms. The third kappa shape index (κ3) is 3.09. The number of nitrogens with one attached hydrogen (secondary N) is 1. The van der Waals surface area contributed by atoms with Crippen LogP contribution >= 0.6 is 23.8 Å². The van der Waals surface area contributed by atoms with E-state index in [2.05, 4.69) is 10.2 Å². The van der Waals surface area contributed by atoms with Crippen molar-refractivity contribution in [3.63, 3.8) is 0 Å². The second kappa shape index (κ2) is 5.67. The smallest absolute Gasteiger partial charge is 0.173 e. The zero-order valence-electron chi connectivity index (χ0n) is 9.70. The summed E-state index contributed by atoms with van der Waals surface area (Å²) in [5.41, 5.74) is 1.98. The van der Waals surface area contributed by atoms with Crippen LogP contribution in [0, 0.1) is 6.92 Å². The highest BCUT2D eigenvalue weighted by molar-refractivity contribution is 7.80. The Morgan fingerprint density at radius 3 is 2.76 bits per heavy atom. The lowest BCUT2D eigenvalue weighted by molar-refractivity contribution is 0.0690. The van der Waals surface area contributed by atoms with Crippen LogP contribution in [0.15, 0.2) is 18.2 Å². The van der Waals surface area contributed by atoms with Gasteiger partial charge < -0.3 is 15.0 Å². The predicted molar refractivity (Wildman–Crippen MR) is 74.8 cm³/mol. The van der Waals surface area contributed by atoms with Crippen molar-refractivity contribution in [2.45, 2.75) is 6.92 Å². The zero-order valence-corrected chi connectivity index (χ0v) is 11.3. The average molecular weight is 271 g/mol. The molecule has 1 aliphatic heterocycles. The molecule has 1 aromatic rings. The van der Waals surface area contributed by atoms with Gasteiger partial charge in [0, 0.05) is 13.1 Å². The Morgan fingerprint density at radius 1 is 1.41 bits per heavy atom. The number of hydrogen-bond donors (Lipinski definition) is 1. The van der Waals surface area contributed by atoms with Gasteiger partial charge in [-0.05, 0) is 30.8 Å². The number of rotatable bonds is 1. The molecule has 0 radical (unpaired) electrons. The number of ether oxygens (including phenoxy) is 1. The standard InChI is InChI=1S/C12H15ClN2OS/c1-9-3-2-4-10(13)11(9)14-12(17)15-5-7-16-8-6-15/h2-4H,5-8H2,1H3,(H,14,17). The number of aryl methyl sites for hydroxylation is 1. The van der Waals surface area contributed by atoms with E-state index in [1.165, 1.54) is 0 Å². The van der Waals surface area contributed by atoms with Gasteiger partial charge in [-0.1, -0.05) is 23.7 Å². The number of thiocarbonyl (C=S) groups is 1. The first-order chi connectivity index (χ1) is 8.18. The fourth-order valence-electron chi connectivity index (χ4n) is 1.74. The van der Waals surface area contributed by atoms with E-state index >= 15 is 0 Å². The molecule has 5 heteroatoms. The maximum atomic E-state index is 6.15. The first kappa shape index (κ1) is 12.6. The van der Waals surface area contributed by atoms with Crippen LogP contribution < -0.4 is 5.32 Å². The molecule has 0 unspecified atom stereocenters. The van der Waals surface area contributed by atoms with E-state index in [0.717, 1.165) is 37.6 Å². The SMILES string of the molecule is Cc1cccc(Cl)c1NC(=S)N1CCOCC1. The maximum absolute atomic E-state index is 6.15. The molecule has 3 nitrogen and oxygen atoms in total. The summed E-state index contributed by atoms with van der Waals surface area (Å²) in [7, 11) is 0. The summed E-state index contributed by atoms with van der Waals surface area (Å²) in [5, 5.41) is 4.63. The largest absolute Gasteiger partial charge is 0.378 e. The molecule has 92 valence electrons. The van der Waals surface area contributed by atoms with Gasteiger partial charge in [0.1, 0.15) is 0 Å². The second-order valence-electron chi connectivity index (χ2n) is 3.96. The number of hydrogen-bond acceptors (Lipinski definition) is 2. The highest BCUT2D eigenvalue weighted by Crippen LogP contribution is 2.25. The summed E-state index contributed by atoms with van der Waals surface area (Å²) in [6.07, 6.45) is 0. The Hall–Kier alpha value is -0.840. The molecule has 1 heterocycles. The Kier molecular flexibility index (Phi) is 4.20. The van der Waals surface area contributed by atoms with Crippen molar-refractivity contribution < 1.29 is 4.74 Å². The monoisotopic (exact) mass is 270 g/mol. The predicted octanol–water partition coefficient (Wildman–Crippen LogP) is 2.68. The maximum Gasteiger partial charge on any atom is 0.173 e. The molecular formula is C12H15ClN2OS. The molecule has 0 saturated carbocycles. The lowest BCUT2D eigenvalue weighted by Gasteiger charge is -2.29. The number of halogens is 1. The van der Waals surface area contributed by atoms with Crippen molar-refractivity contribution in [1.29, 1.82) is 0 Å². The number of benzene rings is 1. The highest BCUT2D eigenvalue weighted by Gasteiger charge is 2.15. The Labute approximate surface area is 112 Å². The quantitative estimate of drug-likeness (QED) is 0.793. The number of anilines is 1. The molecule has 17 heavy (non-hydrogen) atoms. The minimum atomic E-state index is 0.695. The van der Waals surface area contributed by atoms with Gasteiger partial charge in [-0.25, -0.2) is 0 Å². The van der Waals surface area contributed by atoms with Crippen molar-refractivity contribution in [3.05, 3.63) is 28.8 Å². The van der Waals surface area contributed by atoms with Gasteiger partial charge in [0.05, 0.1) is 23.9 Å². The summed E-state index contributed by atoms with van der Waals surface area (Å²) in [6.45, 7) is 5.12. The van der Waals surface area contributed by atoms with Crippen LogP contribution in [-0.4, -0.2) is 36.3 Å². The van der Waals surface area contributed by atoms with Gasteiger partial charge in [-0.3, -0.25) is 0 Å². The van der Waals surface area contributed by atoms with Crippen LogP contribution in [0.5, 0.6) is 0 Å². The average Bonchev–Trinajstić information content (AvgIpc) is 2.35. The van der Waals surface area contributed by atoms with Crippen molar-refractivity contribution in [1.82, 2.24) is 4.90 Å². The van der Waals surface area contributed by atoms with E-state index in [1.54, 1.807) is 0 Å². The van der Waals surface area contributed by atoms with Gasteiger partial charge >= 0.3 is 0 Å². The van der Waals surface area contributed by atoms with Crippen LogP contribution in [0.4, 0.5) is 5.69 Å². The molecule has 0 amide bonds. The van der Waals surface area contributed by atoms with Crippen molar-refractivity contribution in [2.24, 2.45) is 0 Å².